The summed E-state index contributed by atoms with van der Waals surface area (Å²) in [5.74, 6) is 0. The molecule has 5 N–H and O–H groups in total. The van der Waals surface area contributed by atoms with Gasteiger partial charge in [0.25, 0.3) is 0 Å². The summed E-state index contributed by atoms with van der Waals surface area (Å²) in [6.07, 6.45) is 0. The lowest BCUT2D eigenvalue weighted by atomic mass is 10.1. The quantitative estimate of drug-likeness (QED) is 0.753. The Hall–Kier alpha value is -1.76. The Morgan fingerprint density at radius 3 is 2.52 bits per heavy atom. The number of anilines is 2. The molecule has 0 radical (unpaired) electrons. The van der Waals surface area contributed by atoms with Gasteiger partial charge in [-0.15, -0.1) is 0 Å². The highest BCUT2D eigenvalue weighted by atomic mass is 35.5. The summed E-state index contributed by atoms with van der Waals surface area (Å²) in [7, 11) is -3.86. The van der Waals surface area contributed by atoms with Crippen molar-refractivity contribution in [3.8, 4) is 0 Å². The van der Waals surface area contributed by atoms with Crippen LogP contribution in [0.1, 0.15) is 18.5 Å². The molecule has 0 heterocycles. The van der Waals surface area contributed by atoms with Crippen molar-refractivity contribution in [3.63, 3.8) is 0 Å². The predicted octanol–water partition coefficient (Wildman–Crippen LogP) is 2.74. The van der Waals surface area contributed by atoms with Crippen LogP contribution in [-0.4, -0.2) is 8.42 Å². The number of benzene rings is 2. The first kappa shape index (κ1) is 15.6. The van der Waals surface area contributed by atoms with Crippen LogP contribution >= 0.6 is 11.6 Å². The van der Waals surface area contributed by atoms with E-state index in [1.54, 1.807) is 18.2 Å². The summed E-state index contributed by atoms with van der Waals surface area (Å²) in [6, 6.07) is 11.7. The highest BCUT2D eigenvalue weighted by molar-refractivity contribution is 7.89. The zero-order chi connectivity index (χ0) is 15.6. The van der Waals surface area contributed by atoms with Crippen LogP contribution in [0.25, 0.3) is 0 Å². The molecule has 0 bridgehead atoms. The minimum atomic E-state index is -3.86. The van der Waals surface area contributed by atoms with Crippen LogP contribution in [0.5, 0.6) is 0 Å². The van der Waals surface area contributed by atoms with Gasteiger partial charge in [-0.2, -0.15) is 0 Å². The molecule has 1 unspecified atom stereocenters. The van der Waals surface area contributed by atoms with E-state index < -0.39 is 10.0 Å². The molecule has 0 amide bonds. The van der Waals surface area contributed by atoms with Crippen molar-refractivity contribution in [2.24, 2.45) is 5.14 Å². The molecule has 0 spiro atoms. The third kappa shape index (κ3) is 3.87. The maximum atomic E-state index is 11.6. The summed E-state index contributed by atoms with van der Waals surface area (Å²) in [6.45, 7) is 1.90. The van der Waals surface area contributed by atoms with E-state index in [1.807, 2.05) is 25.1 Å². The summed E-state index contributed by atoms with van der Waals surface area (Å²) < 4.78 is 23.3. The van der Waals surface area contributed by atoms with E-state index in [-0.39, 0.29) is 10.9 Å². The van der Waals surface area contributed by atoms with Crippen molar-refractivity contribution < 1.29 is 8.42 Å². The van der Waals surface area contributed by atoms with Gasteiger partial charge in [-0.25, -0.2) is 13.6 Å². The highest BCUT2D eigenvalue weighted by Crippen LogP contribution is 2.27. The number of nitrogen functional groups attached to an aromatic ring is 1. The van der Waals surface area contributed by atoms with Gasteiger partial charge in [0, 0.05) is 16.8 Å². The summed E-state index contributed by atoms with van der Waals surface area (Å²) >= 11 is 5.96. The maximum Gasteiger partial charge on any atom is 0.240 e. The Kier molecular flexibility index (Phi) is 4.41. The fourth-order valence-electron chi connectivity index (χ4n) is 1.99. The summed E-state index contributed by atoms with van der Waals surface area (Å²) in [5.41, 5.74) is 7.29. The number of sulfonamides is 1. The molecule has 5 nitrogen and oxygen atoms in total. The molecule has 0 aliphatic heterocycles. The van der Waals surface area contributed by atoms with E-state index in [1.165, 1.54) is 6.07 Å². The van der Waals surface area contributed by atoms with Crippen molar-refractivity contribution in [1.29, 1.82) is 0 Å². The second-order valence-corrected chi connectivity index (χ2v) is 6.69. The Morgan fingerprint density at radius 1 is 1.19 bits per heavy atom. The van der Waals surface area contributed by atoms with E-state index >= 15 is 0 Å². The van der Waals surface area contributed by atoms with Crippen molar-refractivity contribution >= 4 is 33.0 Å². The standard InChI is InChI=1S/C14H16ClN3O2S/c1-9(10-3-2-4-11(15)7-10)18-13-6-5-12(16)8-14(13)21(17,19)20/h2-9,18H,16H2,1H3,(H2,17,19,20). The third-order valence-electron chi connectivity index (χ3n) is 3.03. The number of primary sulfonamides is 1. The second-order valence-electron chi connectivity index (χ2n) is 4.72. The van der Waals surface area contributed by atoms with Gasteiger partial charge < -0.3 is 11.1 Å². The zero-order valence-electron chi connectivity index (χ0n) is 11.4. The minimum Gasteiger partial charge on any atom is -0.399 e. The van der Waals surface area contributed by atoms with Gasteiger partial charge in [0.15, 0.2) is 0 Å². The van der Waals surface area contributed by atoms with Crippen LogP contribution in [0.2, 0.25) is 5.02 Å². The molecule has 0 saturated heterocycles. The van der Waals surface area contributed by atoms with Crippen molar-refractivity contribution in [3.05, 3.63) is 53.1 Å². The van der Waals surface area contributed by atoms with Gasteiger partial charge in [-0.1, -0.05) is 23.7 Å². The molecule has 0 fully saturated rings. The fraction of sp³-hybridized carbons (Fsp3) is 0.143. The lowest BCUT2D eigenvalue weighted by Gasteiger charge is -2.18. The van der Waals surface area contributed by atoms with Crippen LogP contribution < -0.4 is 16.2 Å². The molecule has 2 aromatic carbocycles. The first-order valence-corrected chi connectivity index (χ1v) is 8.14. The zero-order valence-corrected chi connectivity index (χ0v) is 12.9. The summed E-state index contributed by atoms with van der Waals surface area (Å²) in [4.78, 5) is -0.0311. The molecule has 112 valence electrons. The van der Waals surface area contributed by atoms with E-state index in [2.05, 4.69) is 5.32 Å². The van der Waals surface area contributed by atoms with Crippen LogP contribution in [0.15, 0.2) is 47.4 Å². The molecule has 0 aliphatic carbocycles. The van der Waals surface area contributed by atoms with Crippen molar-refractivity contribution in [1.82, 2.24) is 0 Å². The second kappa shape index (κ2) is 5.93. The first-order chi connectivity index (χ1) is 9.77. The van der Waals surface area contributed by atoms with Gasteiger partial charge in [-0.05, 0) is 42.8 Å². The van der Waals surface area contributed by atoms with Crippen LogP contribution in [0.3, 0.4) is 0 Å². The van der Waals surface area contributed by atoms with Gasteiger partial charge in [0.05, 0.1) is 5.69 Å². The average Bonchev–Trinajstić information content (AvgIpc) is 2.39. The summed E-state index contributed by atoms with van der Waals surface area (Å²) in [5, 5.41) is 8.95. The largest absolute Gasteiger partial charge is 0.399 e. The fourth-order valence-corrected chi connectivity index (χ4v) is 2.92. The van der Waals surface area contributed by atoms with E-state index in [0.717, 1.165) is 5.56 Å². The number of nitrogens with two attached hydrogens (primary N) is 2. The van der Waals surface area contributed by atoms with Gasteiger partial charge >= 0.3 is 0 Å². The SMILES string of the molecule is CC(Nc1ccc(N)cc1S(N)(=O)=O)c1cccc(Cl)c1. The van der Waals surface area contributed by atoms with Crippen LogP contribution in [-0.2, 0) is 10.0 Å². The normalized spacial score (nSPS) is 12.9. The number of rotatable bonds is 4. The molecule has 1 atom stereocenters. The molecule has 2 aromatic rings. The molecule has 0 aliphatic rings. The van der Waals surface area contributed by atoms with E-state index in [0.29, 0.717) is 16.4 Å². The van der Waals surface area contributed by atoms with Crippen LogP contribution in [0.4, 0.5) is 11.4 Å². The molecule has 0 aromatic heterocycles. The molecule has 21 heavy (non-hydrogen) atoms. The van der Waals surface area contributed by atoms with E-state index in [4.69, 9.17) is 22.5 Å². The van der Waals surface area contributed by atoms with Crippen molar-refractivity contribution in [2.75, 3.05) is 11.1 Å². The Balaban J connectivity index is 2.36. The van der Waals surface area contributed by atoms with Gasteiger partial charge in [0.2, 0.25) is 10.0 Å². The predicted molar refractivity (Wildman–Crippen MR) is 85.7 cm³/mol. The monoisotopic (exact) mass is 325 g/mol. The lowest BCUT2D eigenvalue weighted by molar-refractivity contribution is 0.598. The number of hydrogen-bond donors (Lipinski definition) is 3. The maximum absolute atomic E-state index is 11.6. The Labute approximate surface area is 129 Å². The highest BCUT2D eigenvalue weighted by Gasteiger charge is 2.16. The Bertz CT molecular complexity index is 763. The first-order valence-electron chi connectivity index (χ1n) is 6.21. The molecule has 7 heteroatoms. The average molecular weight is 326 g/mol. The van der Waals surface area contributed by atoms with Crippen molar-refractivity contribution in [2.45, 2.75) is 17.9 Å². The smallest absolute Gasteiger partial charge is 0.240 e. The third-order valence-corrected chi connectivity index (χ3v) is 4.22. The topological polar surface area (TPSA) is 98.2 Å². The molecule has 2 rings (SSSR count). The molecular weight excluding hydrogens is 310 g/mol. The number of nitrogens with one attached hydrogen (secondary N) is 1. The molecular formula is C14H16ClN3O2S. The number of hydrogen-bond acceptors (Lipinski definition) is 4. The van der Waals surface area contributed by atoms with Gasteiger partial charge in [-0.3, -0.25) is 0 Å². The van der Waals surface area contributed by atoms with Gasteiger partial charge in [0.1, 0.15) is 4.90 Å². The number of halogens is 1. The van der Waals surface area contributed by atoms with Crippen LogP contribution in [0, 0.1) is 0 Å². The Morgan fingerprint density at radius 2 is 1.90 bits per heavy atom. The minimum absolute atomic E-state index is 0.0311. The van der Waals surface area contributed by atoms with E-state index in [9.17, 15) is 8.42 Å². The molecule has 0 saturated carbocycles. The lowest BCUT2D eigenvalue weighted by Crippen LogP contribution is -2.16.